The second-order valence-electron chi connectivity index (χ2n) is 7.41. The number of carbonyl (C=O) groups is 1. The summed E-state index contributed by atoms with van der Waals surface area (Å²) in [5, 5.41) is 3.99. The zero-order chi connectivity index (χ0) is 21.1. The van der Waals surface area contributed by atoms with E-state index in [2.05, 4.69) is 9.71 Å². The predicted molar refractivity (Wildman–Crippen MR) is 118 cm³/mol. The van der Waals surface area contributed by atoms with E-state index in [-0.39, 0.29) is 10.8 Å². The van der Waals surface area contributed by atoms with Gasteiger partial charge in [-0.05, 0) is 78.1 Å². The van der Waals surface area contributed by atoms with Gasteiger partial charge in [-0.15, -0.1) is 0 Å². The Morgan fingerprint density at radius 3 is 2.57 bits per heavy atom. The number of aryl methyl sites for hydroxylation is 1. The van der Waals surface area contributed by atoms with Gasteiger partial charge in [-0.25, -0.2) is 13.1 Å². The van der Waals surface area contributed by atoms with Gasteiger partial charge >= 0.3 is 0 Å². The van der Waals surface area contributed by atoms with E-state index in [0.29, 0.717) is 25.1 Å². The molecule has 2 aromatic heterocycles. The van der Waals surface area contributed by atoms with Crippen molar-refractivity contribution in [3.63, 3.8) is 0 Å². The van der Waals surface area contributed by atoms with Crippen molar-refractivity contribution in [2.24, 2.45) is 0 Å². The molecule has 0 bridgehead atoms. The highest BCUT2D eigenvalue weighted by Gasteiger charge is 2.25. The fraction of sp³-hybridized carbons (Fsp3) is 0.273. The van der Waals surface area contributed by atoms with Gasteiger partial charge in [0.25, 0.3) is 0 Å². The van der Waals surface area contributed by atoms with Crippen molar-refractivity contribution in [3.8, 4) is 0 Å². The molecule has 0 aliphatic carbocycles. The molecule has 1 aliphatic rings. The quantitative estimate of drug-likeness (QED) is 0.604. The largest absolute Gasteiger partial charge is 0.312 e. The van der Waals surface area contributed by atoms with Crippen LogP contribution in [0.2, 0.25) is 0 Å². The number of carbonyl (C=O) groups excluding carboxylic acids is 1. The van der Waals surface area contributed by atoms with Crippen LogP contribution in [0, 0.1) is 6.92 Å². The van der Waals surface area contributed by atoms with Crippen molar-refractivity contribution in [3.05, 3.63) is 76.2 Å². The van der Waals surface area contributed by atoms with E-state index < -0.39 is 16.1 Å². The maximum atomic E-state index is 13.1. The third-order valence-electron chi connectivity index (χ3n) is 5.14. The van der Waals surface area contributed by atoms with Crippen LogP contribution in [0.5, 0.6) is 0 Å². The van der Waals surface area contributed by atoms with Crippen molar-refractivity contribution in [2.45, 2.75) is 37.1 Å². The normalized spacial score (nSPS) is 15.5. The summed E-state index contributed by atoms with van der Waals surface area (Å²) < 4.78 is 29.0. The predicted octanol–water partition coefficient (Wildman–Crippen LogP) is 3.84. The zero-order valence-electron chi connectivity index (χ0n) is 16.6. The molecular weight excluding hydrogens is 418 g/mol. The third-order valence-corrected chi connectivity index (χ3v) is 7.36. The minimum Gasteiger partial charge on any atom is -0.312 e. The van der Waals surface area contributed by atoms with Crippen LogP contribution >= 0.6 is 11.3 Å². The standard InChI is InChI=1S/C22H23N3O3S2/c1-16-4-9-20(23-14-16)21(13-17-10-12-29-15-17)24-30(27,28)19-7-5-18(6-8-19)25-11-2-3-22(25)26/h4-10,12,14-15,21,24H,2-3,11,13H2,1H3. The molecule has 1 unspecified atom stereocenters. The molecule has 1 saturated heterocycles. The van der Waals surface area contributed by atoms with Crippen LogP contribution in [-0.4, -0.2) is 25.9 Å². The van der Waals surface area contributed by atoms with Crippen molar-refractivity contribution in [2.75, 3.05) is 11.4 Å². The number of nitrogens with zero attached hydrogens (tertiary/aromatic N) is 2. The maximum Gasteiger partial charge on any atom is 0.241 e. The summed E-state index contributed by atoms with van der Waals surface area (Å²) >= 11 is 1.58. The molecular formula is C22H23N3O3S2. The Morgan fingerprint density at radius 1 is 1.17 bits per heavy atom. The lowest BCUT2D eigenvalue weighted by Crippen LogP contribution is -2.30. The smallest absolute Gasteiger partial charge is 0.241 e. The molecule has 8 heteroatoms. The second kappa shape index (κ2) is 8.67. The number of nitrogens with one attached hydrogen (secondary N) is 1. The summed E-state index contributed by atoms with van der Waals surface area (Å²) in [6.07, 6.45) is 3.62. The van der Waals surface area contributed by atoms with Crippen LogP contribution in [0.25, 0.3) is 0 Å². The highest BCUT2D eigenvalue weighted by atomic mass is 32.2. The molecule has 1 aromatic carbocycles. The van der Waals surface area contributed by atoms with Crippen molar-refractivity contribution in [1.29, 1.82) is 0 Å². The fourth-order valence-corrected chi connectivity index (χ4v) is 5.41. The summed E-state index contributed by atoms with van der Waals surface area (Å²) in [6.45, 7) is 2.62. The van der Waals surface area contributed by atoms with Gasteiger partial charge in [-0.1, -0.05) is 6.07 Å². The van der Waals surface area contributed by atoms with Gasteiger partial charge in [-0.2, -0.15) is 11.3 Å². The number of anilines is 1. The number of hydrogen-bond acceptors (Lipinski definition) is 5. The first kappa shape index (κ1) is 20.7. The first-order valence-electron chi connectivity index (χ1n) is 9.79. The maximum absolute atomic E-state index is 13.1. The third kappa shape index (κ3) is 4.61. The van der Waals surface area contributed by atoms with Gasteiger partial charge in [-0.3, -0.25) is 9.78 Å². The van der Waals surface area contributed by atoms with Gasteiger partial charge in [0.05, 0.1) is 16.6 Å². The van der Waals surface area contributed by atoms with Crippen molar-refractivity contribution in [1.82, 2.24) is 9.71 Å². The Kier molecular flexibility index (Phi) is 5.99. The second-order valence-corrected chi connectivity index (χ2v) is 9.91. The van der Waals surface area contributed by atoms with Crippen LogP contribution in [0.1, 0.15) is 35.7 Å². The van der Waals surface area contributed by atoms with Crippen LogP contribution in [0.4, 0.5) is 5.69 Å². The Balaban J connectivity index is 1.57. The van der Waals surface area contributed by atoms with E-state index in [9.17, 15) is 13.2 Å². The molecule has 4 rings (SSSR count). The Bertz CT molecular complexity index is 1110. The van der Waals surface area contributed by atoms with Crippen LogP contribution in [-0.2, 0) is 21.2 Å². The monoisotopic (exact) mass is 441 g/mol. The number of hydrogen-bond donors (Lipinski definition) is 1. The number of rotatable bonds is 7. The molecule has 1 aliphatic heterocycles. The average Bonchev–Trinajstić information content (AvgIpc) is 3.40. The molecule has 3 aromatic rings. The molecule has 0 spiro atoms. The summed E-state index contributed by atoms with van der Waals surface area (Å²) in [5.41, 5.74) is 3.47. The molecule has 156 valence electrons. The summed E-state index contributed by atoms with van der Waals surface area (Å²) in [5.74, 6) is 0.0741. The minimum absolute atomic E-state index is 0.0741. The number of pyridine rings is 1. The van der Waals surface area contributed by atoms with Gasteiger partial charge in [0.15, 0.2) is 0 Å². The Morgan fingerprint density at radius 2 is 1.97 bits per heavy atom. The van der Waals surface area contributed by atoms with Crippen molar-refractivity contribution >= 4 is 33.0 Å². The summed E-state index contributed by atoms with van der Waals surface area (Å²) in [6, 6.07) is 11.8. The molecule has 1 atom stereocenters. The molecule has 0 saturated carbocycles. The van der Waals surface area contributed by atoms with E-state index in [4.69, 9.17) is 0 Å². The van der Waals surface area contributed by atoms with E-state index >= 15 is 0 Å². The van der Waals surface area contributed by atoms with Gasteiger partial charge in [0.2, 0.25) is 15.9 Å². The number of amides is 1. The molecule has 1 N–H and O–H groups in total. The number of thiophene rings is 1. The van der Waals surface area contributed by atoms with Gasteiger partial charge < -0.3 is 4.90 Å². The summed E-state index contributed by atoms with van der Waals surface area (Å²) in [7, 11) is -3.76. The fourth-order valence-electron chi connectivity index (χ4n) is 3.52. The van der Waals surface area contributed by atoms with Gasteiger partial charge in [0, 0.05) is 24.8 Å². The van der Waals surface area contributed by atoms with Gasteiger partial charge in [0.1, 0.15) is 0 Å². The first-order valence-corrected chi connectivity index (χ1v) is 12.2. The Labute approximate surface area is 180 Å². The molecule has 30 heavy (non-hydrogen) atoms. The van der Waals surface area contributed by atoms with E-state index in [1.165, 1.54) is 0 Å². The van der Waals surface area contributed by atoms with E-state index in [1.54, 1.807) is 46.7 Å². The zero-order valence-corrected chi connectivity index (χ0v) is 18.2. The SMILES string of the molecule is Cc1ccc(C(Cc2ccsc2)NS(=O)(=O)c2ccc(N3CCCC3=O)cc2)nc1. The average molecular weight is 442 g/mol. The summed E-state index contributed by atoms with van der Waals surface area (Å²) in [4.78, 5) is 18.2. The Hall–Kier alpha value is -2.55. The van der Waals surface area contributed by atoms with Crippen molar-refractivity contribution < 1.29 is 13.2 Å². The number of benzene rings is 1. The first-order chi connectivity index (χ1) is 14.4. The highest BCUT2D eigenvalue weighted by molar-refractivity contribution is 7.89. The van der Waals surface area contributed by atoms with E-state index in [0.717, 1.165) is 23.2 Å². The lowest BCUT2D eigenvalue weighted by Gasteiger charge is -2.19. The highest BCUT2D eigenvalue weighted by Crippen LogP contribution is 2.25. The number of aromatic nitrogens is 1. The number of sulfonamides is 1. The van der Waals surface area contributed by atoms with Crippen LogP contribution < -0.4 is 9.62 Å². The topological polar surface area (TPSA) is 79.4 Å². The molecule has 0 radical (unpaired) electrons. The molecule has 1 amide bonds. The van der Waals surface area contributed by atoms with E-state index in [1.807, 2.05) is 35.9 Å². The van der Waals surface area contributed by atoms with Crippen LogP contribution in [0.15, 0.2) is 64.3 Å². The lowest BCUT2D eigenvalue weighted by molar-refractivity contribution is -0.117. The lowest BCUT2D eigenvalue weighted by atomic mass is 10.1. The molecule has 3 heterocycles. The van der Waals surface area contributed by atoms with Crippen LogP contribution in [0.3, 0.4) is 0 Å². The minimum atomic E-state index is -3.76. The molecule has 1 fully saturated rings. The molecule has 6 nitrogen and oxygen atoms in total.